The molecule has 0 radical (unpaired) electrons. The van der Waals surface area contributed by atoms with E-state index in [1.165, 1.54) is 11.3 Å². The third kappa shape index (κ3) is 5.32. The van der Waals surface area contributed by atoms with Gasteiger partial charge in [0.1, 0.15) is 6.04 Å². The zero-order chi connectivity index (χ0) is 20.9. The minimum absolute atomic E-state index is 0.0283. The Balaban J connectivity index is 1.51. The van der Waals surface area contributed by atoms with Crippen LogP contribution in [0.5, 0.6) is 0 Å². The first-order valence-electron chi connectivity index (χ1n) is 9.56. The summed E-state index contributed by atoms with van der Waals surface area (Å²) in [5.74, 6) is -0.0283. The van der Waals surface area contributed by atoms with E-state index < -0.39 is 0 Å². The predicted molar refractivity (Wildman–Crippen MR) is 113 cm³/mol. The van der Waals surface area contributed by atoms with E-state index >= 15 is 0 Å². The van der Waals surface area contributed by atoms with Gasteiger partial charge in [-0.1, -0.05) is 12.1 Å². The fourth-order valence-corrected chi connectivity index (χ4v) is 3.90. The molecule has 0 spiro atoms. The van der Waals surface area contributed by atoms with E-state index in [1.807, 2.05) is 31.4 Å². The molecule has 150 valence electrons. The van der Waals surface area contributed by atoms with Crippen molar-refractivity contribution in [3.63, 3.8) is 0 Å². The van der Waals surface area contributed by atoms with Crippen LogP contribution >= 0.6 is 11.3 Å². The number of aromatic nitrogens is 1. The van der Waals surface area contributed by atoms with Gasteiger partial charge in [-0.2, -0.15) is 10.5 Å². The van der Waals surface area contributed by atoms with Crippen LogP contribution < -0.4 is 10.6 Å². The van der Waals surface area contributed by atoms with Gasteiger partial charge in [-0.15, -0.1) is 11.3 Å². The molecular formula is C21H24N6OS. The number of carbonyl (C=O) groups is 1. The third-order valence-electron chi connectivity index (χ3n) is 4.94. The van der Waals surface area contributed by atoms with Gasteiger partial charge in [-0.3, -0.25) is 4.79 Å². The maximum Gasteiger partial charge on any atom is 0.237 e. The van der Waals surface area contributed by atoms with Gasteiger partial charge in [0, 0.05) is 29.6 Å². The van der Waals surface area contributed by atoms with Gasteiger partial charge in [0.25, 0.3) is 0 Å². The number of nitrogens with one attached hydrogen (secondary N) is 2. The number of amides is 1. The number of nitrogens with zero attached hydrogens (tertiary/aromatic N) is 4. The van der Waals surface area contributed by atoms with Gasteiger partial charge < -0.3 is 15.5 Å². The Labute approximate surface area is 175 Å². The summed E-state index contributed by atoms with van der Waals surface area (Å²) >= 11 is 1.52. The average molecular weight is 409 g/mol. The van der Waals surface area contributed by atoms with Gasteiger partial charge in [-0.25, -0.2) is 4.98 Å². The smallest absolute Gasteiger partial charge is 0.237 e. The molecule has 2 heterocycles. The van der Waals surface area contributed by atoms with Gasteiger partial charge in [0.05, 0.1) is 29.9 Å². The van der Waals surface area contributed by atoms with E-state index in [2.05, 4.69) is 27.8 Å². The number of hydrogen-bond donors (Lipinski definition) is 2. The van der Waals surface area contributed by atoms with Crippen LogP contribution in [0.2, 0.25) is 0 Å². The van der Waals surface area contributed by atoms with Gasteiger partial charge in [-0.05, 0) is 38.8 Å². The highest BCUT2D eigenvalue weighted by Crippen LogP contribution is 2.25. The minimum Gasteiger partial charge on any atom is -0.360 e. The molecule has 1 aliphatic rings. The normalized spacial score (nSPS) is 16.3. The first kappa shape index (κ1) is 20.8. The van der Waals surface area contributed by atoms with Crippen LogP contribution in [0.3, 0.4) is 0 Å². The van der Waals surface area contributed by atoms with Crippen molar-refractivity contribution in [3.05, 3.63) is 35.2 Å². The second kappa shape index (κ2) is 9.04. The molecule has 1 fully saturated rings. The maximum atomic E-state index is 12.4. The second-order valence-electron chi connectivity index (χ2n) is 7.69. The number of nitriles is 2. The molecule has 1 aromatic carbocycles. The Bertz CT molecular complexity index is 937. The van der Waals surface area contributed by atoms with Crippen molar-refractivity contribution in [2.45, 2.75) is 38.3 Å². The molecule has 1 amide bonds. The lowest BCUT2D eigenvalue weighted by atomic mass is 10.1. The van der Waals surface area contributed by atoms with Crippen LogP contribution in [0.25, 0.3) is 11.3 Å². The zero-order valence-electron chi connectivity index (χ0n) is 16.6. The monoisotopic (exact) mass is 408 g/mol. The van der Waals surface area contributed by atoms with E-state index in [-0.39, 0.29) is 24.0 Å². The zero-order valence-corrected chi connectivity index (χ0v) is 17.4. The molecule has 1 aliphatic heterocycles. The van der Waals surface area contributed by atoms with Crippen LogP contribution in [-0.4, -0.2) is 47.0 Å². The number of carbonyl (C=O) groups excluding carboxylic acids is 1. The number of anilines is 1. The average Bonchev–Trinajstić information content (AvgIpc) is 3.40. The van der Waals surface area contributed by atoms with E-state index in [4.69, 9.17) is 10.5 Å². The molecule has 0 unspecified atom stereocenters. The summed E-state index contributed by atoms with van der Waals surface area (Å²) in [6, 6.07) is 11.4. The molecule has 0 aliphatic carbocycles. The molecular weight excluding hydrogens is 384 g/mol. The lowest BCUT2D eigenvalue weighted by Gasteiger charge is -2.28. The quantitative estimate of drug-likeness (QED) is 0.730. The molecule has 0 saturated carbocycles. The van der Waals surface area contributed by atoms with Crippen LogP contribution in [0.15, 0.2) is 29.6 Å². The number of likely N-dealkylation sites (tertiary alicyclic amines) is 1. The minimum atomic E-state index is -0.322. The lowest BCUT2D eigenvalue weighted by molar-refractivity contribution is -0.130. The van der Waals surface area contributed by atoms with Crippen molar-refractivity contribution < 1.29 is 4.79 Å². The number of hydrogen-bond acceptors (Lipinski definition) is 7. The fraction of sp³-hybridized carbons (Fsp3) is 0.429. The van der Waals surface area contributed by atoms with E-state index in [1.54, 1.807) is 17.0 Å². The van der Waals surface area contributed by atoms with Crippen molar-refractivity contribution >= 4 is 22.4 Å². The molecule has 3 rings (SSSR count). The Hall–Kier alpha value is -2.94. The predicted octanol–water partition coefficient (Wildman–Crippen LogP) is 2.98. The van der Waals surface area contributed by atoms with Gasteiger partial charge in [0.2, 0.25) is 5.91 Å². The van der Waals surface area contributed by atoms with Crippen molar-refractivity contribution in [1.82, 2.24) is 15.2 Å². The molecule has 2 N–H and O–H groups in total. The van der Waals surface area contributed by atoms with Crippen molar-refractivity contribution in [2.75, 3.05) is 25.0 Å². The number of benzene rings is 1. The van der Waals surface area contributed by atoms with Crippen LogP contribution in [0, 0.1) is 22.7 Å². The molecule has 29 heavy (non-hydrogen) atoms. The molecule has 2 aromatic rings. The Morgan fingerprint density at radius 3 is 2.79 bits per heavy atom. The van der Waals surface area contributed by atoms with Crippen molar-refractivity contribution in [3.8, 4) is 23.4 Å². The third-order valence-corrected chi connectivity index (χ3v) is 5.74. The summed E-state index contributed by atoms with van der Waals surface area (Å²) in [5.41, 5.74) is 2.13. The first-order chi connectivity index (χ1) is 13.9. The highest BCUT2D eigenvalue weighted by atomic mass is 32.1. The summed E-state index contributed by atoms with van der Waals surface area (Å²) in [4.78, 5) is 18.7. The summed E-state index contributed by atoms with van der Waals surface area (Å²) < 4.78 is 0. The van der Waals surface area contributed by atoms with Crippen LogP contribution in [0.1, 0.15) is 32.3 Å². The molecule has 0 bridgehead atoms. The summed E-state index contributed by atoms with van der Waals surface area (Å²) in [6.07, 6.45) is 1.65. The highest BCUT2D eigenvalue weighted by Gasteiger charge is 2.29. The Morgan fingerprint density at radius 2 is 2.10 bits per heavy atom. The largest absolute Gasteiger partial charge is 0.360 e. The Morgan fingerprint density at radius 1 is 1.34 bits per heavy atom. The maximum absolute atomic E-state index is 12.4. The molecule has 1 atom stereocenters. The highest BCUT2D eigenvalue weighted by molar-refractivity contribution is 7.14. The Kier molecular flexibility index (Phi) is 6.48. The van der Waals surface area contributed by atoms with E-state index in [0.717, 1.165) is 29.2 Å². The second-order valence-corrected chi connectivity index (χ2v) is 8.55. The molecule has 7 nitrogen and oxygen atoms in total. The number of thiazole rings is 1. The number of rotatable bonds is 7. The first-order valence-corrected chi connectivity index (χ1v) is 10.4. The van der Waals surface area contributed by atoms with Crippen LogP contribution in [-0.2, 0) is 4.79 Å². The van der Waals surface area contributed by atoms with E-state index in [0.29, 0.717) is 18.7 Å². The fourth-order valence-electron chi connectivity index (χ4n) is 3.18. The van der Waals surface area contributed by atoms with Crippen molar-refractivity contribution in [2.24, 2.45) is 0 Å². The topological polar surface area (TPSA) is 105 Å². The molecule has 1 aromatic heterocycles. The molecule has 8 heteroatoms. The van der Waals surface area contributed by atoms with E-state index in [9.17, 15) is 4.79 Å². The summed E-state index contributed by atoms with van der Waals surface area (Å²) in [6.45, 7) is 5.51. The van der Waals surface area contributed by atoms with Gasteiger partial charge >= 0.3 is 0 Å². The SMILES string of the molecule is CC(C)(CNc1nc(-c2ccc(C#N)cc2)cs1)NCC(=O)N1CCC[C@H]1C#N. The standard InChI is InChI=1S/C21H24N6OS/c1-21(2,25-12-19(28)27-9-3-4-17(27)11-23)14-24-20-26-18(13-29-20)16-7-5-15(10-22)6-8-16/h5-8,13,17,25H,3-4,9,12,14H2,1-2H3,(H,24,26)/t17-/m0/s1. The molecule has 1 saturated heterocycles. The summed E-state index contributed by atoms with van der Waals surface area (Å²) in [7, 11) is 0. The lowest BCUT2D eigenvalue weighted by Crippen LogP contribution is -2.50. The summed E-state index contributed by atoms with van der Waals surface area (Å²) in [5, 5.41) is 27.4. The van der Waals surface area contributed by atoms with Gasteiger partial charge in [0.15, 0.2) is 5.13 Å². The van der Waals surface area contributed by atoms with Crippen LogP contribution in [0.4, 0.5) is 5.13 Å². The van der Waals surface area contributed by atoms with Crippen molar-refractivity contribution in [1.29, 1.82) is 10.5 Å².